The van der Waals surface area contributed by atoms with Crippen LogP contribution in [0.5, 0.6) is 5.75 Å². The van der Waals surface area contributed by atoms with E-state index >= 15 is 0 Å². The zero-order valence-corrected chi connectivity index (χ0v) is 16.9. The molecule has 9 heteroatoms. The van der Waals surface area contributed by atoms with Crippen LogP contribution in [0.15, 0.2) is 52.5 Å². The summed E-state index contributed by atoms with van der Waals surface area (Å²) in [5.41, 5.74) is 2.46. The summed E-state index contributed by atoms with van der Waals surface area (Å²) in [6, 6.07) is 12.8. The fraction of sp³-hybridized carbons (Fsp3) is 0.278. The Bertz CT molecular complexity index is 1030. The molecule has 0 bridgehead atoms. The maximum absolute atomic E-state index is 12.7. The fourth-order valence-corrected chi connectivity index (χ4v) is 5.45. The van der Waals surface area contributed by atoms with E-state index in [0.29, 0.717) is 15.8 Å². The Morgan fingerprint density at radius 2 is 1.85 bits per heavy atom. The first-order valence-electron chi connectivity index (χ1n) is 8.26. The Kier molecular flexibility index (Phi) is 5.81. The molecule has 0 atom stereocenters. The Morgan fingerprint density at radius 1 is 1.11 bits per heavy atom. The Hall–Kier alpha value is -2.39. The minimum atomic E-state index is -3.37. The van der Waals surface area contributed by atoms with E-state index in [9.17, 15) is 8.42 Å². The average molecular weight is 405 g/mol. The van der Waals surface area contributed by atoms with E-state index in [1.54, 1.807) is 17.9 Å². The number of methoxy groups -OCH3 is 1. The van der Waals surface area contributed by atoms with E-state index in [1.165, 1.54) is 11.8 Å². The van der Waals surface area contributed by atoms with E-state index < -0.39 is 9.84 Å². The van der Waals surface area contributed by atoms with Crippen molar-refractivity contribution in [3.63, 3.8) is 0 Å². The van der Waals surface area contributed by atoms with Crippen molar-refractivity contribution in [1.82, 2.24) is 20.2 Å². The number of hydrogen-bond donors (Lipinski definition) is 0. The van der Waals surface area contributed by atoms with E-state index in [-0.39, 0.29) is 5.75 Å². The summed E-state index contributed by atoms with van der Waals surface area (Å²) in [6.07, 6.45) is 0. The molecule has 0 radical (unpaired) electrons. The van der Waals surface area contributed by atoms with Gasteiger partial charge in [-0.15, -0.1) is 5.10 Å². The second kappa shape index (κ2) is 8.10. The molecule has 0 fully saturated rings. The van der Waals surface area contributed by atoms with Gasteiger partial charge < -0.3 is 4.74 Å². The molecule has 0 unspecified atom stereocenters. The van der Waals surface area contributed by atoms with E-state index in [1.807, 2.05) is 50.2 Å². The zero-order valence-electron chi connectivity index (χ0n) is 15.3. The first-order valence-corrected chi connectivity index (χ1v) is 10.9. The maximum atomic E-state index is 12.7. The third kappa shape index (κ3) is 4.48. The molecule has 0 saturated heterocycles. The molecule has 27 heavy (non-hydrogen) atoms. The number of sulfone groups is 1. The van der Waals surface area contributed by atoms with Gasteiger partial charge in [0.05, 0.1) is 23.4 Å². The number of ether oxygens (including phenoxy) is 1. The SMILES string of the molecule is COc1ccc(-n2nnnc2SCCS(=O)(=O)c2cc(C)ccc2C)cc1. The molecule has 0 saturated carbocycles. The lowest BCUT2D eigenvalue weighted by molar-refractivity contribution is 0.414. The van der Waals surface area contributed by atoms with Crippen LogP contribution in [0.1, 0.15) is 11.1 Å². The first-order chi connectivity index (χ1) is 12.9. The van der Waals surface area contributed by atoms with Crippen molar-refractivity contribution in [2.24, 2.45) is 0 Å². The summed E-state index contributed by atoms with van der Waals surface area (Å²) in [5, 5.41) is 12.2. The maximum Gasteiger partial charge on any atom is 0.214 e. The molecule has 1 heterocycles. The summed E-state index contributed by atoms with van der Waals surface area (Å²) in [4.78, 5) is 0.387. The van der Waals surface area contributed by atoms with Gasteiger partial charge in [0.25, 0.3) is 0 Å². The molecule has 0 aliphatic rings. The molecule has 0 N–H and O–H groups in total. The monoisotopic (exact) mass is 404 g/mol. The van der Waals surface area contributed by atoms with Gasteiger partial charge in [0, 0.05) is 5.75 Å². The normalized spacial score (nSPS) is 11.5. The molecule has 3 aromatic rings. The number of aryl methyl sites for hydroxylation is 2. The van der Waals surface area contributed by atoms with E-state index in [4.69, 9.17) is 4.74 Å². The summed E-state index contributed by atoms with van der Waals surface area (Å²) >= 11 is 1.31. The van der Waals surface area contributed by atoms with Crippen molar-refractivity contribution in [2.45, 2.75) is 23.9 Å². The van der Waals surface area contributed by atoms with Gasteiger partial charge in [0.1, 0.15) is 5.75 Å². The van der Waals surface area contributed by atoms with E-state index in [2.05, 4.69) is 15.5 Å². The van der Waals surface area contributed by atoms with Crippen LogP contribution >= 0.6 is 11.8 Å². The molecule has 2 aromatic carbocycles. The number of aromatic nitrogens is 4. The van der Waals surface area contributed by atoms with Crippen LogP contribution in [-0.4, -0.2) is 47.2 Å². The van der Waals surface area contributed by atoms with Gasteiger partial charge in [-0.25, -0.2) is 8.42 Å². The molecule has 142 valence electrons. The zero-order chi connectivity index (χ0) is 19.4. The van der Waals surface area contributed by atoms with Gasteiger partial charge in [-0.1, -0.05) is 23.9 Å². The molecule has 7 nitrogen and oxygen atoms in total. The summed E-state index contributed by atoms with van der Waals surface area (Å²) in [6.45, 7) is 3.69. The summed E-state index contributed by atoms with van der Waals surface area (Å²) in [7, 11) is -1.77. The number of tetrazole rings is 1. The van der Waals surface area contributed by atoms with Crippen LogP contribution in [-0.2, 0) is 9.84 Å². The fourth-order valence-electron chi connectivity index (χ4n) is 2.55. The predicted molar refractivity (Wildman–Crippen MR) is 104 cm³/mol. The number of benzene rings is 2. The summed E-state index contributed by atoms with van der Waals surface area (Å²) in [5.74, 6) is 1.10. The van der Waals surface area contributed by atoms with Gasteiger partial charge in [-0.05, 0) is 65.7 Å². The molecule has 0 aliphatic carbocycles. The van der Waals surface area contributed by atoms with E-state index in [0.717, 1.165) is 22.6 Å². The minimum Gasteiger partial charge on any atom is -0.497 e. The quantitative estimate of drug-likeness (QED) is 0.560. The van der Waals surface area contributed by atoms with Gasteiger partial charge in [-0.3, -0.25) is 0 Å². The van der Waals surface area contributed by atoms with Gasteiger partial charge in [0.2, 0.25) is 5.16 Å². The third-order valence-corrected chi connectivity index (χ3v) is 7.05. The van der Waals surface area contributed by atoms with Crippen LogP contribution < -0.4 is 4.74 Å². The van der Waals surface area contributed by atoms with Crippen molar-refractivity contribution in [3.05, 3.63) is 53.6 Å². The molecule has 0 spiro atoms. The molecule has 1 aromatic heterocycles. The highest BCUT2D eigenvalue weighted by atomic mass is 32.2. The van der Waals surface area contributed by atoms with Crippen molar-refractivity contribution in [2.75, 3.05) is 18.6 Å². The van der Waals surface area contributed by atoms with Crippen LogP contribution in [0.4, 0.5) is 0 Å². The Balaban J connectivity index is 1.71. The highest BCUT2D eigenvalue weighted by molar-refractivity contribution is 8.00. The lowest BCUT2D eigenvalue weighted by atomic mass is 10.2. The average Bonchev–Trinajstić information content (AvgIpc) is 3.12. The molecular weight excluding hydrogens is 384 g/mol. The highest BCUT2D eigenvalue weighted by Crippen LogP contribution is 2.23. The number of thioether (sulfide) groups is 1. The molecule has 3 rings (SSSR count). The smallest absolute Gasteiger partial charge is 0.214 e. The predicted octanol–water partition coefficient (Wildman–Crippen LogP) is 2.85. The van der Waals surface area contributed by atoms with Crippen LogP contribution in [0, 0.1) is 13.8 Å². The van der Waals surface area contributed by atoms with Gasteiger partial charge >= 0.3 is 0 Å². The van der Waals surface area contributed by atoms with Crippen molar-refractivity contribution < 1.29 is 13.2 Å². The lowest BCUT2D eigenvalue weighted by Gasteiger charge is -2.09. The Labute approximate surface area is 162 Å². The molecule has 0 amide bonds. The number of rotatable bonds is 7. The van der Waals surface area contributed by atoms with Gasteiger partial charge in [-0.2, -0.15) is 4.68 Å². The summed E-state index contributed by atoms with van der Waals surface area (Å²) < 4.78 is 32.1. The molecular formula is C18H20N4O3S2. The highest BCUT2D eigenvalue weighted by Gasteiger charge is 2.18. The Morgan fingerprint density at radius 3 is 2.56 bits per heavy atom. The van der Waals surface area contributed by atoms with Gasteiger partial charge in [0.15, 0.2) is 9.84 Å². The third-order valence-electron chi connectivity index (χ3n) is 4.02. The van der Waals surface area contributed by atoms with Crippen LogP contribution in [0.25, 0.3) is 5.69 Å². The van der Waals surface area contributed by atoms with Crippen molar-refractivity contribution in [3.8, 4) is 11.4 Å². The largest absolute Gasteiger partial charge is 0.497 e. The lowest BCUT2D eigenvalue weighted by Crippen LogP contribution is -2.11. The number of nitrogens with zero attached hydrogens (tertiary/aromatic N) is 4. The minimum absolute atomic E-state index is 0.0113. The standard InChI is InChI=1S/C18H20N4O3S2/c1-13-4-5-14(2)17(12-13)27(23,24)11-10-26-18-19-20-21-22(18)15-6-8-16(25-3)9-7-15/h4-9,12H,10-11H2,1-3H3. The number of hydrogen-bond acceptors (Lipinski definition) is 7. The van der Waals surface area contributed by atoms with Crippen molar-refractivity contribution >= 4 is 21.6 Å². The first kappa shape index (κ1) is 19.4. The van der Waals surface area contributed by atoms with Crippen LogP contribution in [0.2, 0.25) is 0 Å². The topological polar surface area (TPSA) is 87.0 Å². The second-order valence-electron chi connectivity index (χ2n) is 6.01. The van der Waals surface area contributed by atoms with Crippen molar-refractivity contribution in [1.29, 1.82) is 0 Å². The molecule has 0 aliphatic heterocycles. The second-order valence-corrected chi connectivity index (χ2v) is 9.15. The van der Waals surface area contributed by atoms with Crippen LogP contribution in [0.3, 0.4) is 0 Å².